The largest absolute Gasteiger partial charge is 0.339 e. The third-order valence-electron chi connectivity index (χ3n) is 3.23. The number of rotatable bonds is 4. The summed E-state index contributed by atoms with van der Waals surface area (Å²) in [6, 6.07) is 13.7. The maximum atomic E-state index is 13.6. The van der Waals surface area contributed by atoms with Gasteiger partial charge in [-0.1, -0.05) is 18.2 Å². The van der Waals surface area contributed by atoms with Crippen molar-refractivity contribution >= 4 is 23.1 Å². The first-order chi connectivity index (χ1) is 12.0. The fourth-order valence-corrected chi connectivity index (χ4v) is 2.00. The number of aromatic nitrogens is 2. The molecular formula is C17H11F3N4O. The van der Waals surface area contributed by atoms with Crippen LogP contribution in [0.3, 0.4) is 0 Å². The summed E-state index contributed by atoms with van der Waals surface area (Å²) in [5, 5.41) is 12.7. The van der Waals surface area contributed by atoms with Crippen LogP contribution in [0.4, 0.5) is 30.4 Å². The van der Waals surface area contributed by atoms with Crippen molar-refractivity contribution in [2.75, 3.05) is 10.6 Å². The van der Waals surface area contributed by atoms with Gasteiger partial charge in [-0.3, -0.25) is 4.79 Å². The molecule has 2 N–H and O–H groups in total. The van der Waals surface area contributed by atoms with Gasteiger partial charge in [-0.2, -0.15) is 0 Å². The predicted molar refractivity (Wildman–Crippen MR) is 86.0 cm³/mol. The number of carbonyl (C=O) groups is 1. The minimum Gasteiger partial charge on any atom is -0.339 e. The van der Waals surface area contributed by atoms with Crippen molar-refractivity contribution in [3.05, 3.63) is 77.7 Å². The van der Waals surface area contributed by atoms with Crippen LogP contribution < -0.4 is 10.6 Å². The van der Waals surface area contributed by atoms with Crippen molar-refractivity contribution in [1.29, 1.82) is 0 Å². The topological polar surface area (TPSA) is 66.9 Å². The Morgan fingerprint density at radius 2 is 1.60 bits per heavy atom. The average molecular weight is 344 g/mol. The van der Waals surface area contributed by atoms with E-state index in [1.54, 1.807) is 0 Å². The lowest BCUT2D eigenvalue weighted by molar-refractivity contribution is 0.102. The molecule has 0 aliphatic carbocycles. The summed E-state index contributed by atoms with van der Waals surface area (Å²) in [6.45, 7) is 0. The zero-order valence-corrected chi connectivity index (χ0v) is 12.6. The quantitative estimate of drug-likeness (QED) is 0.705. The summed E-state index contributed by atoms with van der Waals surface area (Å²) >= 11 is 0. The van der Waals surface area contributed by atoms with E-state index < -0.39 is 29.0 Å². The van der Waals surface area contributed by atoms with E-state index in [9.17, 15) is 18.0 Å². The van der Waals surface area contributed by atoms with Gasteiger partial charge in [0.05, 0.1) is 5.69 Å². The SMILES string of the molecule is O=C(Nc1ccc(F)c(F)c1F)c1ccc(Nc2ccccc2)nn1. The molecule has 0 unspecified atom stereocenters. The smallest absolute Gasteiger partial charge is 0.276 e. The molecule has 1 amide bonds. The normalized spacial score (nSPS) is 10.4. The number of hydrogen-bond donors (Lipinski definition) is 2. The van der Waals surface area contributed by atoms with Gasteiger partial charge >= 0.3 is 0 Å². The van der Waals surface area contributed by atoms with E-state index in [-0.39, 0.29) is 5.69 Å². The predicted octanol–water partition coefficient (Wildman–Crippen LogP) is 3.89. The van der Waals surface area contributed by atoms with Crippen LogP contribution in [0.25, 0.3) is 0 Å². The second-order valence-electron chi connectivity index (χ2n) is 4.97. The third-order valence-corrected chi connectivity index (χ3v) is 3.23. The Kier molecular flexibility index (Phi) is 4.60. The molecule has 0 aliphatic heterocycles. The molecule has 8 heteroatoms. The van der Waals surface area contributed by atoms with Crippen LogP contribution in [0.1, 0.15) is 10.5 Å². The van der Waals surface area contributed by atoms with E-state index in [0.29, 0.717) is 11.9 Å². The number of anilines is 3. The van der Waals surface area contributed by atoms with Gasteiger partial charge in [0.15, 0.2) is 29.0 Å². The van der Waals surface area contributed by atoms with Gasteiger partial charge in [0, 0.05) is 5.69 Å². The average Bonchev–Trinajstić information content (AvgIpc) is 2.63. The van der Waals surface area contributed by atoms with E-state index in [0.717, 1.165) is 11.8 Å². The van der Waals surface area contributed by atoms with Gasteiger partial charge in [-0.25, -0.2) is 13.2 Å². The van der Waals surface area contributed by atoms with Crippen LogP contribution in [-0.4, -0.2) is 16.1 Å². The Morgan fingerprint density at radius 1 is 0.840 bits per heavy atom. The molecule has 25 heavy (non-hydrogen) atoms. The summed E-state index contributed by atoms with van der Waals surface area (Å²) in [5.41, 5.74) is 0.192. The minimum atomic E-state index is -1.66. The number of para-hydroxylation sites is 1. The minimum absolute atomic E-state index is 0.109. The Hall–Kier alpha value is -3.42. The van der Waals surface area contributed by atoms with E-state index >= 15 is 0 Å². The number of nitrogens with zero attached hydrogens (tertiary/aromatic N) is 2. The molecule has 0 saturated heterocycles. The van der Waals surface area contributed by atoms with Crippen LogP contribution in [0.15, 0.2) is 54.6 Å². The van der Waals surface area contributed by atoms with Gasteiger partial charge in [-0.15, -0.1) is 10.2 Å². The van der Waals surface area contributed by atoms with E-state index in [2.05, 4.69) is 20.8 Å². The number of hydrogen-bond acceptors (Lipinski definition) is 4. The molecule has 2 aromatic carbocycles. The third kappa shape index (κ3) is 3.74. The molecular weight excluding hydrogens is 333 g/mol. The summed E-state index contributed by atoms with van der Waals surface area (Å²) < 4.78 is 39.6. The fraction of sp³-hybridized carbons (Fsp3) is 0. The second kappa shape index (κ2) is 7.00. The highest BCUT2D eigenvalue weighted by atomic mass is 19.2. The summed E-state index contributed by atoms with van der Waals surface area (Å²) in [6.07, 6.45) is 0. The Labute approximate surface area is 140 Å². The first-order valence-corrected chi connectivity index (χ1v) is 7.15. The first kappa shape index (κ1) is 16.4. The van der Waals surface area contributed by atoms with Crippen LogP contribution >= 0.6 is 0 Å². The number of halogens is 3. The highest BCUT2D eigenvalue weighted by molar-refractivity contribution is 6.02. The number of amides is 1. The fourth-order valence-electron chi connectivity index (χ4n) is 2.00. The molecule has 0 saturated carbocycles. The van der Waals surface area contributed by atoms with Gasteiger partial charge in [0.2, 0.25) is 0 Å². The maximum Gasteiger partial charge on any atom is 0.276 e. The molecule has 1 heterocycles. The van der Waals surface area contributed by atoms with Crippen LogP contribution in [0.5, 0.6) is 0 Å². The molecule has 0 fully saturated rings. The number of nitrogens with one attached hydrogen (secondary N) is 2. The number of carbonyl (C=O) groups excluding carboxylic acids is 1. The van der Waals surface area contributed by atoms with Crippen molar-refractivity contribution in [2.45, 2.75) is 0 Å². The van der Waals surface area contributed by atoms with Crippen LogP contribution in [-0.2, 0) is 0 Å². The number of benzene rings is 2. The van der Waals surface area contributed by atoms with Crippen molar-refractivity contribution in [3.8, 4) is 0 Å². The van der Waals surface area contributed by atoms with Crippen LogP contribution in [0, 0.1) is 17.5 Å². The van der Waals surface area contributed by atoms with Gasteiger partial charge in [-0.05, 0) is 36.4 Å². The van der Waals surface area contributed by atoms with Gasteiger partial charge < -0.3 is 10.6 Å². The van der Waals surface area contributed by atoms with Gasteiger partial charge in [0.1, 0.15) is 0 Å². The lowest BCUT2D eigenvalue weighted by atomic mass is 10.2. The first-order valence-electron chi connectivity index (χ1n) is 7.15. The molecule has 1 aromatic heterocycles. The van der Waals surface area contributed by atoms with E-state index in [4.69, 9.17) is 0 Å². The Bertz CT molecular complexity index is 902. The van der Waals surface area contributed by atoms with Crippen molar-refractivity contribution < 1.29 is 18.0 Å². The zero-order chi connectivity index (χ0) is 17.8. The molecule has 0 radical (unpaired) electrons. The monoisotopic (exact) mass is 344 g/mol. The second-order valence-corrected chi connectivity index (χ2v) is 4.97. The van der Waals surface area contributed by atoms with E-state index in [1.165, 1.54) is 12.1 Å². The van der Waals surface area contributed by atoms with Crippen molar-refractivity contribution in [2.24, 2.45) is 0 Å². The Morgan fingerprint density at radius 3 is 2.28 bits per heavy atom. The molecule has 0 bridgehead atoms. The molecule has 0 atom stereocenters. The molecule has 126 valence electrons. The summed E-state index contributed by atoms with van der Waals surface area (Å²) in [4.78, 5) is 12.0. The van der Waals surface area contributed by atoms with Gasteiger partial charge in [0.25, 0.3) is 5.91 Å². The highest BCUT2D eigenvalue weighted by Gasteiger charge is 2.16. The zero-order valence-electron chi connectivity index (χ0n) is 12.6. The summed E-state index contributed by atoms with van der Waals surface area (Å²) in [5.74, 6) is -4.88. The molecule has 0 spiro atoms. The molecule has 3 aromatic rings. The highest BCUT2D eigenvalue weighted by Crippen LogP contribution is 2.20. The van der Waals surface area contributed by atoms with Crippen molar-refractivity contribution in [1.82, 2.24) is 10.2 Å². The molecule has 3 rings (SSSR count). The van der Waals surface area contributed by atoms with Crippen molar-refractivity contribution in [3.63, 3.8) is 0 Å². The molecule has 5 nitrogen and oxygen atoms in total. The Balaban J connectivity index is 1.72. The van der Waals surface area contributed by atoms with E-state index in [1.807, 2.05) is 30.3 Å². The lowest BCUT2D eigenvalue weighted by Gasteiger charge is -2.07. The maximum absolute atomic E-state index is 13.6. The standard InChI is InChI=1S/C17H11F3N4O/c18-11-6-7-12(16(20)15(11)19)22-17(25)13-8-9-14(24-23-13)21-10-4-2-1-3-5-10/h1-9H,(H,21,24)(H,22,25). The molecule has 0 aliphatic rings. The summed E-state index contributed by atoms with van der Waals surface area (Å²) in [7, 11) is 0. The lowest BCUT2D eigenvalue weighted by Crippen LogP contribution is -2.16. The van der Waals surface area contributed by atoms with Crippen LogP contribution in [0.2, 0.25) is 0 Å².